The Hall–Kier alpha value is -1.10. The second-order valence-corrected chi connectivity index (χ2v) is 6.38. The molecule has 104 valence electrons. The molecule has 1 aromatic rings. The van der Waals surface area contributed by atoms with Gasteiger partial charge in [0, 0.05) is 16.2 Å². The van der Waals surface area contributed by atoms with Crippen molar-refractivity contribution in [2.75, 3.05) is 0 Å². The van der Waals surface area contributed by atoms with Gasteiger partial charge in [0.25, 0.3) is 0 Å². The van der Waals surface area contributed by atoms with Crippen molar-refractivity contribution < 1.29 is 18.7 Å². The van der Waals surface area contributed by atoms with E-state index in [0.717, 1.165) is 18.9 Å². The van der Waals surface area contributed by atoms with Crippen molar-refractivity contribution in [3.63, 3.8) is 0 Å². The molecule has 2 nitrogen and oxygen atoms in total. The monoisotopic (exact) mass is 286 g/mol. The van der Waals surface area contributed by atoms with Crippen molar-refractivity contribution in [3.05, 3.63) is 29.8 Å². The van der Waals surface area contributed by atoms with E-state index in [1.165, 1.54) is 23.9 Å². The minimum Gasteiger partial charge on any atom is -0.481 e. The Labute approximate surface area is 115 Å². The summed E-state index contributed by atoms with van der Waals surface area (Å²) in [6.07, 6.45) is 2.26. The van der Waals surface area contributed by atoms with Crippen LogP contribution >= 0.6 is 11.8 Å². The third kappa shape index (κ3) is 3.47. The lowest BCUT2D eigenvalue weighted by Crippen LogP contribution is -2.32. The molecule has 1 fully saturated rings. The number of carboxylic acids is 1. The molecule has 5 heteroatoms. The lowest BCUT2D eigenvalue weighted by molar-refractivity contribution is -0.142. The topological polar surface area (TPSA) is 37.3 Å². The van der Waals surface area contributed by atoms with Crippen molar-refractivity contribution >= 4 is 17.7 Å². The molecule has 19 heavy (non-hydrogen) atoms. The van der Waals surface area contributed by atoms with Crippen LogP contribution in [0.15, 0.2) is 23.1 Å². The van der Waals surface area contributed by atoms with Gasteiger partial charge in [-0.1, -0.05) is 6.92 Å². The molecule has 2 rings (SSSR count). The summed E-state index contributed by atoms with van der Waals surface area (Å²) in [5.74, 6) is -2.07. The number of hydrogen-bond donors (Lipinski definition) is 1. The zero-order valence-electron chi connectivity index (χ0n) is 10.6. The van der Waals surface area contributed by atoms with Crippen LogP contribution in [0.1, 0.15) is 26.2 Å². The molecule has 0 saturated heterocycles. The molecule has 1 aliphatic carbocycles. The van der Waals surface area contributed by atoms with E-state index in [0.29, 0.717) is 17.2 Å². The summed E-state index contributed by atoms with van der Waals surface area (Å²) in [4.78, 5) is 11.6. The number of thioether (sulfide) groups is 1. The molecule has 3 unspecified atom stereocenters. The molecule has 1 aromatic carbocycles. The van der Waals surface area contributed by atoms with E-state index in [1.807, 2.05) is 0 Å². The SMILES string of the molecule is CC1CCC(C(=O)O)C(Sc2ccc(F)cc2F)C1. The molecule has 0 bridgehead atoms. The first-order valence-corrected chi connectivity index (χ1v) is 7.20. The van der Waals surface area contributed by atoms with E-state index < -0.39 is 23.5 Å². The molecule has 1 aliphatic rings. The first-order chi connectivity index (χ1) is 8.97. The lowest BCUT2D eigenvalue weighted by atomic mass is 9.82. The minimum absolute atomic E-state index is 0.152. The van der Waals surface area contributed by atoms with Gasteiger partial charge in [-0.2, -0.15) is 0 Å². The Kier molecular flexibility index (Phi) is 4.45. The van der Waals surface area contributed by atoms with Crippen LogP contribution in [0.4, 0.5) is 8.78 Å². The summed E-state index contributed by atoms with van der Waals surface area (Å²) < 4.78 is 26.5. The Balaban J connectivity index is 2.16. The number of carbonyl (C=O) groups is 1. The van der Waals surface area contributed by atoms with Crippen molar-refractivity contribution in [2.24, 2.45) is 11.8 Å². The van der Waals surface area contributed by atoms with Crippen molar-refractivity contribution in [1.82, 2.24) is 0 Å². The lowest BCUT2D eigenvalue weighted by Gasteiger charge is -2.31. The standard InChI is InChI=1S/C14H16F2O2S/c1-8-2-4-10(14(17)18)13(6-8)19-12-5-3-9(15)7-11(12)16/h3,5,7-8,10,13H,2,4,6H2,1H3,(H,17,18). The molecule has 1 N–H and O–H groups in total. The van der Waals surface area contributed by atoms with Gasteiger partial charge in [0.2, 0.25) is 0 Å². The zero-order chi connectivity index (χ0) is 14.0. The van der Waals surface area contributed by atoms with Crippen LogP contribution in [0.2, 0.25) is 0 Å². The number of hydrogen-bond acceptors (Lipinski definition) is 2. The normalized spacial score (nSPS) is 27.2. The van der Waals surface area contributed by atoms with Gasteiger partial charge in [-0.25, -0.2) is 8.78 Å². The summed E-state index contributed by atoms with van der Waals surface area (Å²) in [7, 11) is 0. The highest BCUT2D eigenvalue weighted by atomic mass is 32.2. The third-order valence-electron chi connectivity index (χ3n) is 3.54. The maximum absolute atomic E-state index is 13.6. The molecule has 3 atom stereocenters. The van der Waals surface area contributed by atoms with Gasteiger partial charge in [0.15, 0.2) is 0 Å². The van der Waals surface area contributed by atoms with Crippen LogP contribution in [0.25, 0.3) is 0 Å². The molecule has 1 saturated carbocycles. The molecule has 0 aromatic heterocycles. The van der Waals surface area contributed by atoms with E-state index in [1.54, 1.807) is 0 Å². The Morgan fingerprint density at radius 2 is 2.11 bits per heavy atom. The predicted molar refractivity (Wildman–Crippen MR) is 70.1 cm³/mol. The Morgan fingerprint density at radius 1 is 1.37 bits per heavy atom. The molecule has 0 amide bonds. The maximum Gasteiger partial charge on any atom is 0.307 e. The Bertz CT molecular complexity index is 479. The highest BCUT2D eigenvalue weighted by molar-refractivity contribution is 8.00. The van der Waals surface area contributed by atoms with Gasteiger partial charge in [-0.15, -0.1) is 11.8 Å². The number of carboxylic acid groups (broad SMARTS) is 1. The second kappa shape index (κ2) is 5.90. The van der Waals surface area contributed by atoms with Crippen LogP contribution < -0.4 is 0 Å². The summed E-state index contributed by atoms with van der Waals surface area (Å²) in [6.45, 7) is 2.08. The smallest absolute Gasteiger partial charge is 0.307 e. The average molecular weight is 286 g/mol. The number of aliphatic carboxylic acids is 1. The molecule has 0 heterocycles. The molecule has 0 spiro atoms. The zero-order valence-corrected chi connectivity index (χ0v) is 11.4. The van der Waals surface area contributed by atoms with Gasteiger partial charge in [-0.3, -0.25) is 4.79 Å². The second-order valence-electron chi connectivity index (χ2n) is 5.09. The molecular formula is C14H16F2O2S. The van der Waals surface area contributed by atoms with Crippen LogP contribution in [0.3, 0.4) is 0 Å². The molecule has 0 aliphatic heterocycles. The van der Waals surface area contributed by atoms with Crippen molar-refractivity contribution in [3.8, 4) is 0 Å². The first kappa shape index (κ1) is 14.3. The largest absolute Gasteiger partial charge is 0.481 e. The Morgan fingerprint density at radius 3 is 2.74 bits per heavy atom. The van der Waals surface area contributed by atoms with Crippen molar-refractivity contribution in [2.45, 2.75) is 36.3 Å². The summed E-state index contributed by atoms with van der Waals surface area (Å²) in [6, 6.07) is 3.42. The first-order valence-electron chi connectivity index (χ1n) is 6.32. The van der Waals surface area contributed by atoms with Crippen LogP contribution in [-0.4, -0.2) is 16.3 Å². The maximum atomic E-state index is 13.6. The number of benzene rings is 1. The van der Waals surface area contributed by atoms with Crippen LogP contribution in [-0.2, 0) is 4.79 Å². The summed E-state index contributed by atoms with van der Waals surface area (Å²) in [5.41, 5.74) is 0. The fraction of sp³-hybridized carbons (Fsp3) is 0.500. The van der Waals surface area contributed by atoms with Crippen LogP contribution in [0.5, 0.6) is 0 Å². The predicted octanol–water partition coefficient (Wildman–Crippen LogP) is 3.95. The van der Waals surface area contributed by atoms with Crippen LogP contribution in [0, 0.1) is 23.5 Å². The third-order valence-corrected chi connectivity index (χ3v) is 4.95. The fourth-order valence-electron chi connectivity index (χ4n) is 2.48. The number of halogens is 2. The van der Waals surface area contributed by atoms with E-state index in [2.05, 4.69) is 6.92 Å². The van der Waals surface area contributed by atoms with Gasteiger partial charge in [-0.05, 0) is 37.3 Å². The highest BCUT2D eigenvalue weighted by Crippen LogP contribution is 2.40. The quantitative estimate of drug-likeness (QED) is 0.914. The molecule has 0 radical (unpaired) electrons. The average Bonchev–Trinajstić information content (AvgIpc) is 2.32. The van der Waals surface area contributed by atoms with Gasteiger partial charge >= 0.3 is 5.97 Å². The van der Waals surface area contributed by atoms with Gasteiger partial charge in [0.05, 0.1) is 5.92 Å². The van der Waals surface area contributed by atoms with E-state index >= 15 is 0 Å². The summed E-state index contributed by atoms with van der Waals surface area (Å²) in [5, 5.41) is 9.07. The summed E-state index contributed by atoms with van der Waals surface area (Å²) >= 11 is 1.22. The van der Waals surface area contributed by atoms with Gasteiger partial charge in [0.1, 0.15) is 11.6 Å². The molecular weight excluding hydrogens is 270 g/mol. The van der Waals surface area contributed by atoms with Crippen molar-refractivity contribution in [1.29, 1.82) is 0 Å². The van der Waals surface area contributed by atoms with Gasteiger partial charge < -0.3 is 5.11 Å². The fourth-order valence-corrected chi connectivity index (χ4v) is 3.96. The van der Waals surface area contributed by atoms with E-state index in [9.17, 15) is 18.7 Å². The number of rotatable bonds is 3. The highest BCUT2D eigenvalue weighted by Gasteiger charge is 2.34. The van der Waals surface area contributed by atoms with E-state index in [4.69, 9.17) is 0 Å². The van der Waals surface area contributed by atoms with E-state index in [-0.39, 0.29) is 5.25 Å². The minimum atomic E-state index is -0.827.